The third kappa shape index (κ3) is 2.26. The van der Waals surface area contributed by atoms with Crippen molar-refractivity contribution in [2.45, 2.75) is 12.3 Å². The van der Waals surface area contributed by atoms with Gasteiger partial charge in [-0.05, 0) is 37.3 Å². The van der Waals surface area contributed by atoms with Crippen molar-refractivity contribution < 1.29 is 0 Å². The topological polar surface area (TPSA) is 30.7 Å². The number of imidazole rings is 1. The number of benzene rings is 1. The molecule has 0 bridgehead atoms. The fourth-order valence-corrected chi connectivity index (χ4v) is 2.60. The Morgan fingerprint density at radius 2 is 2.11 bits per heavy atom. The molecular weight excluding hydrogens is 326 g/mol. The summed E-state index contributed by atoms with van der Waals surface area (Å²) < 4.78 is 3.01. The summed E-state index contributed by atoms with van der Waals surface area (Å²) in [5, 5.41) is -0.187. The van der Waals surface area contributed by atoms with Crippen molar-refractivity contribution in [2.75, 3.05) is 0 Å². The van der Waals surface area contributed by atoms with E-state index in [0.29, 0.717) is 0 Å². The average molecular weight is 337 g/mol. The van der Waals surface area contributed by atoms with Crippen molar-refractivity contribution in [3.05, 3.63) is 52.9 Å². The Kier molecular flexibility index (Phi) is 3.29. The van der Waals surface area contributed by atoms with Gasteiger partial charge in [0.25, 0.3) is 0 Å². The molecule has 2 aromatic heterocycles. The minimum Gasteiger partial charge on any atom is -0.279 e. The van der Waals surface area contributed by atoms with Gasteiger partial charge in [0, 0.05) is 10.7 Å². The van der Waals surface area contributed by atoms with E-state index in [9.17, 15) is 0 Å². The maximum absolute atomic E-state index is 6.25. The molecule has 0 fully saturated rings. The van der Waals surface area contributed by atoms with Crippen LogP contribution in [0.15, 0.2) is 47.1 Å². The van der Waals surface area contributed by atoms with Gasteiger partial charge in [0.1, 0.15) is 11.3 Å². The molecule has 0 saturated carbocycles. The third-order valence-electron chi connectivity index (χ3n) is 2.86. The Hall–Kier alpha value is -1.39. The molecule has 3 nitrogen and oxygen atoms in total. The predicted molar refractivity (Wildman–Crippen MR) is 80.8 cm³/mol. The highest BCUT2D eigenvalue weighted by atomic mass is 79.9. The lowest BCUT2D eigenvalue weighted by atomic mass is 10.3. The Balaban J connectivity index is 2.34. The van der Waals surface area contributed by atoms with Crippen LogP contribution in [-0.4, -0.2) is 14.5 Å². The zero-order valence-electron chi connectivity index (χ0n) is 10.2. The van der Waals surface area contributed by atoms with Gasteiger partial charge in [0.05, 0.1) is 11.1 Å². The fourth-order valence-electron chi connectivity index (χ4n) is 2.07. The zero-order chi connectivity index (χ0) is 13.4. The monoisotopic (exact) mass is 335 g/mol. The van der Waals surface area contributed by atoms with Gasteiger partial charge < -0.3 is 0 Å². The van der Waals surface area contributed by atoms with Gasteiger partial charge >= 0.3 is 0 Å². The first-order chi connectivity index (χ1) is 9.16. The number of aromatic nitrogens is 3. The third-order valence-corrected chi connectivity index (χ3v) is 3.55. The van der Waals surface area contributed by atoms with Gasteiger partial charge in [0.2, 0.25) is 0 Å². The lowest BCUT2D eigenvalue weighted by Gasteiger charge is -2.10. The van der Waals surface area contributed by atoms with Gasteiger partial charge in [0.15, 0.2) is 5.65 Å². The molecule has 5 heteroatoms. The van der Waals surface area contributed by atoms with E-state index in [0.717, 1.165) is 27.1 Å². The number of nitrogens with zero attached hydrogens (tertiary/aromatic N) is 3. The molecule has 19 heavy (non-hydrogen) atoms. The normalized spacial score (nSPS) is 12.8. The molecule has 96 valence electrons. The Morgan fingerprint density at radius 3 is 2.84 bits per heavy atom. The van der Waals surface area contributed by atoms with Crippen molar-refractivity contribution in [2.24, 2.45) is 0 Å². The van der Waals surface area contributed by atoms with Crippen molar-refractivity contribution in [3.63, 3.8) is 0 Å². The Morgan fingerprint density at radius 1 is 1.26 bits per heavy atom. The van der Waals surface area contributed by atoms with Crippen LogP contribution < -0.4 is 0 Å². The summed E-state index contributed by atoms with van der Waals surface area (Å²) in [4.78, 5) is 8.99. The first-order valence-corrected chi connectivity index (χ1v) is 7.13. The molecule has 1 aromatic carbocycles. The summed E-state index contributed by atoms with van der Waals surface area (Å²) in [7, 11) is 0. The van der Waals surface area contributed by atoms with Crippen LogP contribution in [0.2, 0.25) is 0 Å². The van der Waals surface area contributed by atoms with E-state index in [1.54, 1.807) is 6.20 Å². The predicted octanol–water partition coefficient (Wildman–Crippen LogP) is 4.48. The highest BCUT2D eigenvalue weighted by Gasteiger charge is 2.16. The second kappa shape index (κ2) is 4.94. The minimum absolute atomic E-state index is 0.187. The van der Waals surface area contributed by atoms with Crippen LogP contribution in [0.5, 0.6) is 0 Å². The van der Waals surface area contributed by atoms with Crippen molar-refractivity contribution >= 4 is 38.7 Å². The lowest BCUT2D eigenvalue weighted by molar-refractivity contribution is 0.876. The number of fused-ring (bicyclic) bond motifs is 1. The molecule has 0 saturated heterocycles. The van der Waals surface area contributed by atoms with Crippen LogP contribution in [0.3, 0.4) is 0 Å². The second-order valence-electron chi connectivity index (χ2n) is 4.25. The maximum Gasteiger partial charge on any atom is 0.164 e. The van der Waals surface area contributed by atoms with Gasteiger partial charge in [-0.15, -0.1) is 11.6 Å². The number of halogens is 2. The average Bonchev–Trinajstić information content (AvgIpc) is 2.78. The van der Waals surface area contributed by atoms with Gasteiger partial charge in [-0.3, -0.25) is 4.57 Å². The van der Waals surface area contributed by atoms with Crippen LogP contribution in [0.1, 0.15) is 18.1 Å². The molecule has 0 aliphatic rings. The molecule has 1 atom stereocenters. The summed E-state index contributed by atoms with van der Waals surface area (Å²) in [5.41, 5.74) is 2.67. The molecule has 0 radical (unpaired) electrons. The molecule has 0 aliphatic heterocycles. The zero-order valence-corrected chi connectivity index (χ0v) is 12.6. The summed E-state index contributed by atoms with van der Waals surface area (Å²) in [6.07, 6.45) is 1.77. The lowest BCUT2D eigenvalue weighted by Crippen LogP contribution is -2.02. The number of pyridine rings is 1. The fraction of sp³-hybridized carbons (Fsp3) is 0.143. The maximum atomic E-state index is 6.25. The number of alkyl halides is 1. The van der Waals surface area contributed by atoms with E-state index in [-0.39, 0.29) is 5.38 Å². The SMILES string of the molecule is CC(Cl)c1nc2cccnc2n1-c1cccc(Br)c1. The summed E-state index contributed by atoms with van der Waals surface area (Å²) in [6.45, 7) is 1.91. The molecule has 0 N–H and O–H groups in total. The van der Waals surface area contributed by atoms with E-state index >= 15 is 0 Å². The smallest absolute Gasteiger partial charge is 0.164 e. The van der Waals surface area contributed by atoms with Crippen molar-refractivity contribution in [1.82, 2.24) is 14.5 Å². The van der Waals surface area contributed by atoms with Crippen molar-refractivity contribution in [1.29, 1.82) is 0 Å². The molecule has 1 unspecified atom stereocenters. The molecule has 0 spiro atoms. The van der Waals surface area contributed by atoms with E-state index in [4.69, 9.17) is 11.6 Å². The molecule has 2 heterocycles. The van der Waals surface area contributed by atoms with Crippen molar-refractivity contribution in [3.8, 4) is 5.69 Å². The second-order valence-corrected chi connectivity index (χ2v) is 5.82. The summed E-state index contributed by atoms with van der Waals surface area (Å²) >= 11 is 9.73. The van der Waals surface area contributed by atoms with Crippen LogP contribution >= 0.6 is 27.5 Å². The molecule has 3 rings (SSSR count). The highest BCUT2D eigenvalue weighted by Crippen LogP contribution is 2.27. The molecule has 0 amide bonds. The van der Waals surface area contributed by atoms with E-state index in [1.165, 1.54) is 0 Å². The quantitative estimate of drug-likeness (QED) is 0.646. The van der Waals surface area contributed by atoms with Crippen LogP contribution in [0.25, 0.3) is 16.9 Å². The standard InChI is InChI=1S/C14H11BrClN3/c1-9(16)13-18-12-6-3-7-17-14(12)19(13)11-5-2-4-10(15)8-11/h2-9H,1H3. The number of rotatable bonds is 2. The first-order valence-electron chi connectivity index (χ1n) is 5.90. The summed E-state index contributed by atoms with van der Waals surface area (Å²) in [5.74, 6) is 0.800. The van der Waals surface area contributed by atoms with Crippen LogP contribution in [0.4, 0.5) is 0 Å². The van der Waals surface area contributed by atoms with Crippen LogP contribution in [0, 0.1) is 0 Å². The molecule has 0 aliphatic carbocycles. The number of hydrogen-bond acceptors (Lipinski definition) is 2. The number of hydrogen-bond donors (Lipinski definition) is 0. The first kappa shape index (κ1) is 12.6. The van der Waals surface area contributed by atoms with Gasteiger partial charge in [-0.1, -0.05) is 22.0 Å². The minimum atomic E-state index is -0.187. The molecular formula is C14H11BrClN3. The van der Waals surface area contributed by atoms with Gasteiger partial charge in [-0.25, -0.2) is 9.97 Å². The summed E-state index contributed by atoms with van der Waals surface area (Å²) in [6, 6.07) is 11.8. The van der Waals surface area contributed by atoms with E-state index < -0.39 is 0 Å². The van der Waals surface area contributed by atoms with E-state index in [2.05, 4.69) is 25.9 Å². The Labute approximate surface area is 124 Å². The molecule has 3 aromatic rings. The van der Waals surface area contributed by atoms with Gasteiger partial charge in [-0.2, -0.15) is 0 Å². The van der Waals surface area contributed by atoms with Crippen LogP contribution in [-0.2, 0) is 0 Å². The van der Waals surface area contributed by atoms with E-state index in [1.807, 2.05) is 47.9 Å². The highest BCUT2D eigenvalue weighted by molar-refractivity contribution is 9.10. The largest absolute Gasteiger partial charge is 0.279 e. The Bertz CT molecular complexity index is 736.